The van der Waals surface area contributed by atoms with Crippen molar-refractivity contribution in [2.24, 2.45) is 5.92 Å². The lowest BCUT2D eigenvalue weighted by atomic mass is 9.82. The molecular formula is C28H34N4O3. The number of rotatable bonds is 9. The molecule has 1 fully saturated rings. The number of carbonyl (C=O) groups excluding carboxylic acids is 2. The quantitative estimate of drug-likeness (QED) is 0.347. The molecule has 7 heteroatoms. The van der Waals surface area contributed by atoms with Gasteiger partial charge in [-0.3, -0.25) is 4.79 Å². The van der Waals surface area contributed by atoms with Gasteiger partial charge in [0.05, 0.1) is 11.4 Å². The molecule has 1 aromatic heterocycles. The Balaban J connectivity index is 1.55. The van der Waals surface area contributed by atoms with Crippen LogP contribution in [0, 0.1) is 5.92 Å². The van der Waals surface area contributed by atoms with Crippen molar-refractivity contribution in [3.63, 3.8) is 0 Å². The Labute approximate surface area is 206 Å². The molecule has 7 nitrogen and oxygen atoms in total. The number of aromatic hydroxyl groups is 1. The highest BCUT2D eigenvalue weighted by Crippen LogP contribution is 2.39. The summed E-state index contributed by atoms with van der Waals surface area (Å²) in [5.74, 6) is 0.234. The van der Waals surface area contributed by atoms with Crippen LogP contribution in [0.2, 0.25) is 0 Å². The van der Waals surface area contributed by atoms with E-state index in [-0.39, 0.29) is 29.5 Å². The highest BCUT2D eigenvalue weighted by atomic mass is 16.3. The number of nitrogens with one attached hydrogen (secondary N) is 2. The van der Waals surface area contributed by atoms with Crippen LogP contribution in [0.15, 0.2) is 54.6 Å². The number of hydrogen-bond donors (Lipinski definition) is 3. The van der Waals surface area contributed by atoms with E-state index in [1.807, 2.05) is 50.2 Å². The molecule has 184 valence electrons. The first-order chi connectivity index (χ1) is 17.0. The van der Waals surface area contributed by atoms with Gasteiger partial charge < -0.3 is 15.7 Å². The van der Waals surface area contributed by atoms with E-state index in [2.05, 4.69) is 15.7 Å². The van der Waals surface area contributed by atoms with E-state index in [0.29, 0.717) is 23.5 Å². The van der Waals surface area contributed by atoms with Crippen LogP contribution in [0.1, 0.15) is 63.1 Å². The molecule has 0 atom stereocenters. The first kappa shape index (κ1) is 24.5. The zero-order chi connectivity index (χ0) is 24.8. The van der Waals surface area contributed by atoms with Crippen LogP contribution >= 0.6 is 0 Å². The fraction of sp³-hybridized carbons (Fsp3) is 0.393. The first-order valence-electron chi connectivity index (χ1n) is 12.6. The molecule has 1 heterocycles. The Bertz CT molecular complexity index is 1160. The standard InChI is InChI=1S/C28H34N4O3/c1-3-20(4-2)27(34)30-22-13-14-26(33)23(17-22)24-18-25(21-11-8-12-21)32(31-24)28(35)29-16-15-19-9-6-5-7-10-19/h5-7,9-10,13-14,17-18,20-21,33H,3-4,8,11-12,15-16H2,1-2H3,(H,29,35)(H,30,34). The summed E-state index contributed by atoms with van der Waals surface area (Å²) < 4.78 is 1.44. The number of hydrogen-bond acceptors (Lipinski definition) is 4. The third kappa shape index (κ3) is 5.73. The Morgan fingerprint density at radius 3 is 2.49 bits per heavy atom. The number of phenols is 1. The van der Waals surface area contributed by atoms with Crippen molar-refractivity contribution >= 4 is 17.6 Å². The number of benzene rings is 2. The number of anilines is 1. The van der Waals surface area contributed by atoms with Gasteiger partial charge in [-0.05, 0) is 61.9 Å². The van der Waals surface area contributed by atoms with Gasteiger partial charge in [-0.2, -0.15) is 9.78 Å². The van der Waals surface area contributed by atoms with Gasteiger partial charge >= 0.3 is 6.03 Å². The minimum Gasteiger partial charge on any atom is -0.507 e. The number of nitrogens with zero attached hydrogens (tertiary/aromatic N) is 2. The molecule has 1 aliphatic carbocycles. The van der Waals surface area contributed by atoms with Crippen molar-refractivity contribution in [3.8, 4) is 17.0 Å². The summed E-state index contributed by atoms with van der Waals surface area (Å²) in [4.78, 5) is 25.6. The predicted molar refractivity (Wildman–Crippen MR) is 138 cm³/mol. The highest BCUT2D eigenvalue weighted by Gasteiger charge is 2.27. The fourth-order valence-corrected chi connectivity index (χ4v) is 4.44. The van der Waals surface area contributed by atoms with Gasteiger partial charge in [-0.15, -0.1) is 0 Å². The zero-order valence-electron chi connectivity index (χ0n) is 20.5. The molecular weight excluding hydrogens is 440 g/mol. The Morgan fingerprint density at radius 1 is 1.09 bits per heavy atom. The van der Waals surface area contributed by atoms with Crippen molar-refractivity contribution in [1.29, 1.82) is 0 Å². The molecule has 2 aromatic carbocycles. The van der Waals surface area contributed by atoms with E-state index >= 15 is 0 Å². The molecule has 0 spiro atoms. The van der Waals surface area contributed by atoms with E-state index in [4.69, 9.17) is 0 Å². The molecule has 4 rings (SSSR count). The minimum atomic E-state index is -0.272. The monoisotopic (exact) mass is 474 g/mol. The van der Waals surface area contributed by atoms with E-state index in [0.717, 1.165) is 49.8 Å². The molecule has 3 N–H and O–H groups in total. The van der Waals surface area contributed by atoms with Crippen LogP contribution in [-0.2, 0) is 11.2 Å². The third-order valence-electron chi connectivity index (χ3n) is 6.88. The van der Waals surface area contributed by atoms with Gasteiger partial charge in [0.1, 0.15) is 5.75 Å². The average molecular weight is 475 g/mol. The third-order valence-corrected chi connectivity index (χ3v) is 6.88. The van der Waals surface area contributed by atoms with Crippen LogP contribution in [0.4, 0.5) is 10.5 Å². The molecule has 2 amide bonds. The second-order valence-corrected chi connectivity index (χ2v) is 9.20. The summed E-state index contributed by atoms with van der Waals surface area (Å²) in [7, 11) is 0. The summed E-state index contributed by atoms with van der Waals surface area (Å²) in [6.07, 6.45) is 5.42. The molecule has 35 heavy (non-hydrogen) atoms. The van der Waals surface area contributed by atoms with Crippen LogP contribution < -0.4 is 10.6 Å². The first-order valence-corrected chi connectivity index (χ1v) is 12.6. The van der Waals surface area contributed by atoms with E-state index < -0.39 is 0 Å². The smallest absolute Gasteiger partial charge is 0.342 e. The lowest BCUT2D eigenvalue weighted by Crippen LogP contribution is -2.33. The SMILES string of the molecule is CCC(CC)C(=O)Nc1ccc(O)c(-c2cc(C3CCC3)n(C(=O)NCCc3ccccc3)n2)c1. The zero-order valence-corrected chi connectivity index (χ0v) is 20.5. The highest BCUT2D eigenvalue weighted by molar-refractivity contribution is 5.93. The van der Waals surface area contributed by atoms with Gasteiger partial charge in [0.2, 0.25) is 5.91 Å². The van der Waals surface area contributed by atoms with Gasteiger partial charge in [0.25, 0.3) is 0 Å². The maximum atomic E-state index is 13.1. The average Bonchev–Trinajstić information content (AvgIpc) is 3.25. The van der Waals surface area contributed by atoms with Crippen molar-refractivity contribution in [3.05, 3.63) is 65.9 Å². The van der Waals surface area contributed by atoms with Gasteiger partial charge in [-0.1, -0.05) is 50.6 Å². The van der Waals surface area contributed by atoms with Crippen molar-refractivity contribution in [2.75, 3.05) is 11.9 Å². The van der Waals surface area contributed by atoms with Crippen molar-refractivity contribution in [2.45, 2.75) is 58.3 Å². The molecule has 0 aliphatic heterocycles. The molecule has 0 saturated heterocycles. The maximum Gasteiger partial charge on any atom is 0.342 e. The summed E-state index contributed by atoms with van der Waals surface area (Å²) in [5.41, 5.74) is 3.62. The largest absolute Gasteiger partial charge is 0.507 e. The van der Waals surface area contributed by atoms with E-state index in [1.165, 1.54) is 4.68 Å². The maximum absolute atomic E-state index is 13.1. The summed E-state index contributed by atoms with van der Waals surface area (Å²) in [6.45, 7) is 4.50. The second-order valence-electron chi connectivity index (χ2n) is 9.20. The second kappa shape index (κ2) is 11.2. The topological polar surface area (TPSA) is 96.2 Å². The molecule has 1 saturated carbocycles. The van der Waals surface area contributed by atoms with Gasteiger partial charge in [-0.25, -0.2) is 4.79 Å². The number of carbonyl (C=O) groups is 2. The van der Waals surface area contributed by atoms with Gasteiger partial charge in [0, 0.05) is 29.6 Å². The Hall–Kier alpha value is -3.61. The van der Waals surface area contributed by atoms with Crippen LogP contribution in [-0.4, -0.2) is 33.4 Å². The lowest BCUT2D eigenvalue weighted by molar-refractivity contribution is -0.120. The van der Waals surface area contributed by atoms with Crippen molar-refractivity contribution in [1.82, 2.24) is 15.1 Å². The Kier molecular flexibility index (Phi) is 7.85. The molecule has 0 bridgehead atoms. The Morgan fingerprint density at radius 2 is 1.83 bits per heavy atom. The van der Waals surface area contributed by atoms with Crippen LogP contribution in [0.5, 0.6) is 5.75 Å². The fourth-order valence-electron chi connectivity index (χ4n) is 4.44. The summed E-state index contributed by atoms with van der Waals surface area (Å²) in [6, 6.07) is 16.6. The van der Waals surface area contributed by atoms with Crippen LogP contribution in [0.3, 0.4) is 0 Å². The lowest BCUT2D eigenvalue weighted by Gasteiger charge is -2.25. The predicted octanol–water partition coefficient (Wildman–Crippen LogP) is 5.70. The summed E-state index contributed by atoms with van der Waals surface area (Å²) in [5, 5.41) is 21.1. The van der Waals surface area contributed by atoms with Crippen LogP contribution in [0.25, 0.3) is 11.3 Å². The van der Waals surface area contributed by atoms with E-state index in [9.17, 15) is 14.7 Å². The number of amides is 2. The normalized spacial score (nSPS) is 13.5. The van der Waals surface area contributed by atoms with E-state index in [1.54, 1.807) is 18.2 Å². The number of aromatic nitrogens is 2. The molecule has 1 aliphatic rings. The number of phenolic OH excluding ortho intramolecular Hbond substituents is 1. The molecule has 3 aromatic rings. The van der Waals surface area contributed by atoms with Gasteiger partial charge in [0.15, 0.2) is 0 Å². The molecule has 0 unspecified atom stereocenters. The minimum absolute atomic E-state index is 0.0369. The van der Waals surface area contributed by atoms with Crippen molar-refractivity contribution < 1.29 is 14.7 Å². The summed E-state index contributed by atoms with van der Waals surface area (Å²) >= 11 is 0. The molecule has 0 radical (unpaired) electrons.